The van der Waals surface area contributed by atoms with Gasteiger partial charge in [-0.25, -0.2) is 4.98 Å². The summed E-state index contributed by atoms with van der Waals surface area (Å²) < 4.78 is 5.64. The molecule has 0 atom stereocenters. The van der Waals surface area contributed by atoms with Crippen LogP contribution in [-0.2, 0) is 19.6 Å². The predicted octanol–water partition coefficient (Wildman–Crippen LogP) is 3.56. The highest BCUT2D eigenvalue weighted by molar-refractivity contribution is 7.09. The van der Waals surface area contributed by atoms with Gasteiger partial charge >= 0.3 is 0 Å². The van der Waals surface area contributed by atoms with E-state index < -0.39 is 0 Å². The van der Waals surface area contributed by atoms with Gasteiger partial charge in [0.2, 0.25) is 0 Å². The molecule has 0 saturated carbocycles. The fourth-order valence-corrected chi connectivity index (χ4v) is 2.65. The van der Waals surface area contributed by atoms with Crippen molar-refractivity contribution in [3.8, 4) is 0 Å². The van der Waals surface area contributed by atoms with Crippen LogP contribution in [0.1, 0.15) is 42.8 Å². The smallest absolute Gasteiger partial charge is 0.118 e. The van der Waals surface area contributed by atoms with Crippen LogP contribution >= 0.6 is 11.3 Å². The predicted molar refractivity (Wildman–Crippen MR) is 87.3 cm³/mol. The van der Waals surface area contributed by atoms with Crippen molar-refractivity contribution in [2.45, 2.75) is 52.9 Å². The number of hydrogen-bond acceptors (Lipinski definition) is 5. The number of nitrogens with one attached hydrogen (secondary N) is 1. The number of rotatable bonds is 6. The number of aryl methyl sites for hydroxylation is 1. The van der Waals surface area contributed by atoms with E-state index in [1.54, 1.807) is 11.3 Å². The molecule has 0 aliphatic heterocycles. The van der Waals surface area contributed by atoms with Crippen molar-refractivity contribution in [2.75, 3.05) is 7.05 Å². The third-order valence-electron chi connectivity index (χ3n) is 3.06. The first-order valence-corrected chi connectivity index (χ1v) is 8.11. The Morgan fingerprint density at radius 3 is 2.71 bits per heavy atom. The number of aromatic nitrogens is 1. The first kappa shape index (κ1) is 16.2. The molecule has 5 heteroatoms. The summed E-state index contributed by atoms with van der Waals surface area (Å²) in [5.41, 5.74) is 2.44. The van der Waals surface area contributed by atoms with Crippen LogP contribution in [0.25, 0.3) is 0 Å². The average Bonchev–Trinajstić information content (AvgIpc) is 2.95. The molecular formula is C16H25N3OS. The summed E-state index contributed by atoms with van der Waals surface area (Å²) in [4.78, 5) is 6.71. The molecule has 0 bridgehead atoms. The Hall–Kier alpha value is -1.17. The van der Waals surface area contributed by atoms with E-state index in [-0.39, 0.29) is 5.54 Å². The molecule has 2 heterocycles. The van der Waals surface area contributed by atoms with E-state index >= 15 is 0 Å². The van der Waals surface area contributed by atoms with Gasteiger partial charge in [-0.3, -0.25) is 4.90 Å². The van der Waals surface area contributed by atoms with Crippen LogP contribution in [-0.4, -0.2) is 22.5 Å². The lowest BCUT2D eigenvalue weighted by Crippen LogP contribution is -2.34. The molecule has 116 valence electrons. The maximum Gasteiger partial charge on any atom is 0.118 e. The van der Waals surface area contributed by atoms with Crippen molar-refractivity contribution >= 4 is 11.3 Å². The monoisotopic (exact) mass is 307 g/mol. The van der Waals surface area contributed by atoms with Gasteiger partial charge in [0.1, 0.15) is 5.76 Å². The molecule has 0 spiro atoms. The van der Waals surface area contributed by atoms with Crippen LogP contribution < -0.4 is 5.32 Å². The minimum Gasteiger partial charge on any atom is -0.468 e. The molecule has 4 nitrogen and oxygen atoms in total. The average molecular weight is 307 g/mol. The number of thiazole rings is 1. The second-order valence-corrected chi connectivity index (χ2v) is 7.62. The Morgan fingerprint density at radius 2 is 2.10 bits per heavy atom. The van der Waals surface area contributed by atoms with Crippen LogP contribution in [0.3, 0.4) is 0 Å². The summed E-state index contributed by atoms with van der Waals surface area (Å²) in [5, 5.41) is 6.70. The van der Waals surface area contributed by atoms with E-state index in [0.717, 1.165) is 36.1 Å². The molecule has 0 aliphatic rings. The number of nitrogens with zero attached hydrogens (tertiary/aromatic N) is 2. The first-order chi connectivity index (χ1) is 9.82. The lowest BCUT2D eigenvalue weighted by Gasteiger charge is -2.19. The zero-order chi connectivity index (χ0) is 15.5. The van der Waals surface area contributed by atoms with Gasteiger partial charge in [0.25, 0.3) is 0 Å². The Kier molecular flexibility index (Phi) is 5.19. The Bertz CT molecular complexity index is 568. The van der Waals surface area contributed by atoms with Gasteiger partial charge in [0, 0.05) is 29.6 Å². The summed E-state index contributed by atoms with van der Waals surface area (Å²) in [6.07, 6.45) is 1.84. The second kappa shape index (κ2) is 6.73. The van der Waals surface area contributed by atoms with Crippen molar-refractivity contribution in [1.29, 1.82) is 0 Å². The fraction of sp³-hybridized carbons (Fsp3) is 0.562. The molecule has 0 unspecified atom stereocenters. The minimum atomic E-state index is 0.122. The van der Waals surface area contributed by atoms with Gasteiger partial charge in [-0.1, -0.05) is 0 Å². The van der Waals surface area contributed by atoms with E-state index in [1.165, 1.54) is 5.56 Å². The molecule has 21 heavy (non-hydrogen) atoms. The molecule has 0 radical (unpaired) electrons. The number of furan rings is 1. The van der Waals surface area contributed by atoms with E-state index in [9.17, 15) is 0 Å². The Labute approximate surface area is 131 Å². The van der Waals surface area contributed by atoms with Crippen molar-refractivity contribution in [1.82, 2.24) is 15.2 Å². The lowest BCUT2D eigenvalue weighted by molar-refractivity contribution is 0.285. The van der Waals surface area contributed by atoms with Gasteiger partial charge in [0.15, 0.2) is 0 Å². The molecule has 1 N–H and O–H groups in total. The van der Waals surface area contributed by atoms with Crippen LogP contribution in [0.4, 0.5) is 0 Å². The Balaban J connectivity index is 1.84. The largest absolute Gasteiger partial charge is 0.468 e. The molecule has 0 saturated heterocycles. The quantitative estimate of drug-likeness (QED) is 0.886. The molecular weight excluding hydrogens is 282 g/mol. The maximum atomic E-state index is 5.64. The van der Waals surface area contributed by atoms with Crippen molar-refractivity contribution in [3.63, 3.8) is 0 Å². The SMILES string of the molecule is Cc1nc(CN(C)Cc2cc(CNC(C)(C)C)co2)cs1. The van der Waals surface area contributed by atoms with Gasteiger partial charge in [0.05, 0.1) is 23.5 Å². The highest BCUT2D eigenvalue weighted by Crippen LogP contribution is 2.14. The summed E-state index contributed by atoms with van der Waals surface area (Å²) in [6.45, 7) is 11.0. The van der Waals surface area contributed by atoms with Gasteiger partial charge in [-0.05, 0) is 40.8 Å². The van der Waals surface area contributed by atoms with Gasteiger partial charge < -0.3 is 9.73 Å². The molecule has 0 amide bonds. The molecule has 0 fully saturated rings. The number of hydrogen-bond donors (Lipinski definition) is 1. The van der Waals surface area contributed by atoms with Crippen LogP contribution in [0, 0.1) is 6.92 Å². The van der Waals surface area contributed by atoms with Gasteiger partial charge in [-0.15, -0.1) is 11.3 Å². The topological polar surface area (TPSA) is 41.3 Å². The third kappa shape index (κ3) is 5.61. The normalized spacial score (nSPS) is 12.3. The lowest BCUT2D eigenvalue weighted by atomic mass is 10.1. The molecule has 0 aliphatic carbocycles. The fourth-order valence-electron chi connectivity index (χ4n) is 2.05. The van der Waals surface area contributed by atoms with Crippen LogP contribution in [0.5, 0.6) is 0 Å². The van der Waals surface area contributed by atoms with Crippen molar-refractivity contribution < 1.29 is 4.42 Å². The standard InChI is InChI=1S/C16H25N3OS/c1-12-18-14(11-21-12)8-19(5)9-15-6-13(10-20-15)7-17-16(2,3)4/h6,10-11,17H,7-9H2,1-5H3. The van der Waals surface area contributed by atoms with Crippen LogP contribution in [0.2, 0.25) is 0 Å². The first-order valence-electron chi connectivity index (χ1n) is 7.23. The van der Waals surface area contributed by atoms with E-state index in [0.29, 0.717) is 0 Å². The minimum absolute atomic E-state index is 0.122. The third-order valence-corrected chi connectivity index (χ3v) is 3.88. The second-order valence-electron chi connectivity index (χ2n) is 6.55. The van der Waals surface area contributed by atoms with E-state index in [1.807, 2.05) is 13.2 Å². The van der Waals surface area contributed by atoms with Crippen LogP contribution in [0.15, 0.2) is 22.1 Å². The molecule has 0 aromatic carbocycles. The molecule has 2 aromatic heterocycles. The molecule has 2 rings (SSSR count). The molecule has 2 aromatic rings. The van der Waals surface area contributed by atoms with Crippen molar-refractivity contribution in [2.24, 2.45) is 0 Å². The van der Waals surface area contributed by atoms with Crippen molar-refractivity contribution in [3.05, 3.63) is 39.7 Å². The summed E-state index contributed by atoms with van der Waals surface area (Å²) in [6, 6.07) is 2.13. The van der Waals surface area contributed by atoms with E-state index in [2.05, 4.69) is 54.5 Å². The zero-order valence-corrected chi connectivity index (χ0v) is 14.4. The highest BCUT2D eigenvalue weighted by atomic mass is 32.1. The summed E-state index contributed by atoms with van der Waals surface area (Å²) in [7, 11) is 2.09. The highest BCUT2D eigenvalue weighted by Gasteiger charge is 2.11. The van der Waals surface area contributed by atoms with E-state index in [4.69, 9.17) is 4.42 Å². The maximum absolute atomic E-state index is 5.64. The zero-order valence-electron chi connectivity index (χ0n) is 13.6. The summed E-state index contributed by atoms with van der Waals surface area (Å²) in [5.74, 6) is 0.996. The Morgan fingerprint density at radius 1 is 1.33 bits per heavy atom. The van der Waals surface area contributed by atoms with Gasteiger partial charge in [-0.2, -0.15) is 0 Å². The summed E-state index contributed by atoms with van der Waals surface area (Å²) >= 11 is 1.70.